The maximum Gasteiger partial charge on any atom is 0.312 e. The van der Waals surface area contributed by atoms with Crippen LogP contribution in [-0.4, -0.2) is 113 Å². The molecule has 350 valence electrons. The zero-order valence-corrected chi connectivity index (χ0v) is 37.1. The van der Waals surface area contributed by atoms with Crippen molar-refractivity contribution in [2.24, 2.45) is 11.7 Å². The molecule has 0 radical (unpaired) electrons. The van der Waals surface area contributed by atoms with Gasteiger partial charge in [0.1, 0.15) is 36.3 Å². The Morgan fingerprint density at radius 3 is 2.25 bits per heavy atom. The molecule has 3 heterocycles. The predicted octanol–water partition coefficient (Wildman–Crippen LogP) is 1.72. The fourth-order valence-electron chi connectivity index (χ4n) is 9.29. The lowest BCUT2D eigenvalue weighted by Crippen LogP contribution is -2.60. The van der Waals surface area contributed by atoms with Crippen molar-refractivity contribution < 1.29 is 38.4 Å². The number of benzene rings is 2. The number of primary amides is 1. The molecule has 3 aromatic rings. The van der Waals surface area contributed by atoms with Crippen LogP contribution in [0.2, 0.25) is 0 Å². The van der Waals surface area contributed by atoms with Crippen molar-refractivity contribution in [3.05, 3.63) is 71.9 Å². The number of aromatic nitrogens is 1. The highest BCUT2D eigenvalue weighted by molar-refractivity contribution is 5.98. The average molecular weight is 897 g/mol. The summed E-state index contributed by atoms with van der Waals surface area (Å²) in [5.41, 5.74) is 7.66. The molecule has 1 aliphatic carbocycles. The van der Waals surface area contributed by atoms with Gasteiger partial charge < -0.3 is 52.8 Å². The third kappa shape index (κ3) is 13.8. The van der Waals surface area contributed by atoms with E-state index in [0.717, 1.165) is 54.1 Å². The van der Waals surface area contributed by atoms with Gasteiger partial charge in [-0.1, -0.05) is 80.6 Å². The van der Waals surface area contributed by atoms with Gasteiger partial charge in [-0.3, -0.25) is 33.6 Å². The highest BCUT2D eigenvalue weighted by atomic mass is 16.2. The van der Waals surface area contributed by atoms with E-state index in [1.807, 2.05) is 54.6 Å². The van der Waals surface area contributed by atoms with Crippen LogP contribution in [0, 0.1) is 5.92 Å². The second kappa shape index (κ2) is 23.5. The second-order valence-corrected chi connectivity index (χ2v) is 17.5. The van der Waals surface area contributed by atoms with Crippen LogP contribution in [0.3, 0.4) is 0 Å². The first-order chi connectivity index (χ1) is 31.4. The molecule has 1 saturated carbocycles. The maximum absolute atomic E-state index is 14.6. The van der Waals surface area contributed by atoms with E-state index in [-0.39, 0.29) is 64.1 Å². The predicted molar refractivity (Wildman–Crippen MR) is 242 cm³/mol. The third-order valence-electron chi connectivity index (χ3n) is 12.7. The summed E-state index contributed by atoms with van der Waals surface area (Å²) >= 11 is 0. The monoisotopic (exact) mass is 896 g/mol. The molecule has 1 aromatic heterocycles. The lowest BCUT2D eigenvalue weighted by molar-refractivity contribution is -0.142. The number of carbonyl (C=O) groups excluding carboxylic acids is 8. The van der Waals surface area contributed by atoms with E-state index in [2.05, 4.69) is 42.2 Å². The Morgan fingerprint density at radius 2 is 1.49 bits per heavy atom. The molecule has 10 N–H and O–H groups in total. The quantitative estimate of drug-likeness (QED) is 0.114. The molecule has 6 atom stereocenters. The van der Waals surface area contributed by atoms with Crippen LogP contribution in [0.1, 0.15) is 95.1 Å². The van der Waals surface area contributed by atoms with E-state index in [1.165, 1.54) is 11.8 Å². The number of carbonyl (C=O) groups is 8. The largest absolute Gasteiger partial charge is 0.361 e. The number of H-pyrrole nitrogens is 1. The van der Waals surface area contributed by atoms with Gasteiger partial charge in [-0.15, -0.1) is 0 Å². The van der Waals surface area contributed by atoms with Crippen LogP contribution in [0.4, 0.5) is 4.79 Å². The Hall–Kier alpha value is -6.46. The Labute approximate surface area is 379 Å². The van der Waals surface area contributed by atoms with Crippen molar-refractivity contribution >= 4 is 58.3 Å². The summed E-state index contributed by atoms with van der Waals surface area (Å²) in [7, 11) is 0. The maximum atomic E-state index is 14.6. The molecule has 2 saturated heterocycles. The standard InChI is InChI=1S/C47H64N10O8/c1-29(58)52-37(25-30-13-4-2-5-14-30)42(60)54-36-20-11-22-49-41(59)35(19-10-23-50-47(48)65)53-44(62)39(27-32-28-51-34-18-9-8-17-33(32)34)55-43(61)38(26-31-15-6-3-7-16-31)56-45(63)40-21-12-24-57(40)46(36)64/h2,4-5,8-9,13-14,17-18,28,31,35-40,51H,3,6-7,10-12,15-16,19-27H2,1H3,(H,49,59)(H,52,58)(H,53,62)(H,54,60)(H,55,61)(H,56,63)(H3,48,50,65)/t35-,36-,37-,38+,39-,40-/m0/s1. The van der Waals surface area contributed by atoms with Gasteiger partial charge in [-0.2, -0.15) is 0 Å². The number of para-hydroxylation sites is 1. The number of hydrogen-bond donors (Lipinski definition) is 9. The Bertz CT molecular complexity index is 2160. The first kappa shape index (κ1) is 48.0. The molecule has 3 fully saturated rings. The summed E-state index contributed by atoms with van der Waals surface area (Å²) in [6, 6.07) is 9.56. The second-order valence-electron chi connectivity index (χ2n) is 17.5. The topological polar surface area (TPSA) is 266 Å². The van der Waals surface area contributed by atoms with Crippen LogP contribution >= 0.6 is 0 Å². The Kier molecular flexibility index (Phi) is 17.3. The lowest BCUT2D eigenvalue weighted by Gasteiger charge is -2.32. The van der Waals surface area contributed by atoms with Gasteiger partial charge in [-0.25, -0.2) is 4.79 Å². The molecule has 18 heteroatoms. The van der Waals surface area contributed by atoms with Crippen molar-refractivity contribution in [3.63, 3.8) is 0 Å². The summed E-state index contributed by atoms with van der Waals surface area (Å²) in [5, 5.41) is 20.6. The number of urea groups is 1. The van der Waals surface area contributed by atoms with Gasteiger partial charge in [0.25, 0.3) is 0 Å². The minimum Gasteiger partial charge on any atom is -0.361 e. The smallest absolute Gasteiger partial charge is 0.312 e. The molecule has 65 heavy (non-hydrogen) atoms. The van der Waals surface area contributed by atoms with Crippen molar-refractivity contribution in [2.45, 2.75) is 133 Å². The van der Waals surface area contributed by atoms with Crippen LogP contribution in [0.25, 0.3) is 10.9 Å². The minimum atomic E-state index is -1.16. The van der Waals surface area contributed by atoms with E-state index in [4.69, 9.17) is 5.73 Å². The highest BCUT2D eigenvalue weighted by Crippen LogP contribution is 2.28. The summed E-state index contributed by atoms with van der Waals surface area (Å²) in [5.74, 6) is -3.61. The van der Waals surface area contributed by atoms with Gasteiger partial charge in [-0.05, 0) is 68.1 Å². The van der Waals surface area contributed by atoms with Crippen molar-refractivity contribution in [1.82, 2.24) is 47.1 Å². The van der Waals surface area contributed by atoms with Gasteiger partial charge in [0.05, 0.1) is 0 Å². The number of nitrogens with zero attached hydrogens (tertiary/aromatic N) is 1. The Morgan fingerprint density at radius 1 is 0.785 bits per heavy atom. The summed E-state index contributed by atoms with van der Waals surface area (Å²) in [6.07, 6.45) is 8.61. The molecule has 0 unspecified atom stereocenters. The van der Waals surface area contributed by atoms with Crippen molar-refractivity contribution in [3.8, 4) is 0 Å². The van der Waals surface area contributed by atoms with Crippen molar-refractivity contribution in [1.29, 1.82) is 0 Å². The third-order valence-corrected chi connectivity index (χ3v) is 12.7. The molecule has 6 rings (SSSR count). The highest BCUT2D eigenvalue weighted by Gasteiger charge is 2.40. The van der Waals surface area contributed by atoms with Crippen LogP contribution in [0.5, 0.6) is 0 Å². The lowest BCUT2D eigenvalue weighted by atomic mass is 9.84. The average Bonchev–Trinajstić information content (AvgIpc) is 3.95. The molecule has 0 spiro atoms. The van der Waals surface area contributed by atoms with E-state index in [9.17, 15) is 38.4 Å². The number of rotatable bonds is 13. The van der Waals surface area contributed by atoms with Crippen LogP contribution < -0.4 is 43.0 Å². The normalized spacial score (nSPS) is 23.4. The molecule has 2 aliphatic heterocycles. The molecule has 0 bridgehead atoms. The fourth-order valence-corrected chi connectivity index (χ4v) is 9.29. The molecule has 18 nitrogen and oxygen atoms in total. The van der Waals surface area contributed by atoms with Crippen molar-refractivity contribution in [2.75, 3.05) is 19.6 Å². The first-order valence-corrected chi connectivity index (χ1v) is 23.0. The van der Waals surface area contributed by atoms with Crippen LogP contribution in [0.15, 0.2) is 60.8 Å². The Balaban J connectivity index is 1.31. The molecule has 9 amide bonds. The minimum absolute atomic E-state index is 0.0474. The van der Waals surface area contributed by atoms with E-state index < -0.39 is 83.6 Å². The molecular weight excluding hydrogens is 833 g/mol. The molecular formula is C47H64N10O8. The zero-order valence-electron chi connectivity index (χ0n) is 37.1. The number of hydrogen-bond acceptors (Lipinski definition) is 8. The first-order valence-electron chi connectivity index (χ1n) is 23.0. The molecule has 2 aromatic carbocycles. The van der Waals surface area contributed by atoms with Crippen LogP contribution in [-0.2, 0) is 46.4 Å². The van der Waals surface area contributed by atoms with Gasteiger partial charge in [0.2, 0.25) is 41.4 Å². The van der Waals surface area contributed by atoms with Gasteiger partial charge >= 0.3 is 6.03 Å². The summed E-state index contributed by atoms with van der Waals surface area (Å²) < 4.78 is 0. The van der Waals surface area contributed by atoms with E-state index in [1.54, 1.807) is 6.20 Å². The number of nitrogens with two attached hydrogens (primary N) is 1. The van der Waals surface area contributed by atoms with Gasteiger partial charge in [0, 0.05) is 56.5 Å². The van der Waals surface area contributed by atoms with E-state index >= 15 is 0 Å². The fraction of sp³-hybridized carbons (Fsp3) is 0.532. The van der Waals surface area contributed by atoms with Gasteiger partial charge in [0.15, 0.2) is 0 Å². The summed E-state index contributed by atoms with van der Waals surface area (Å²) in [4.78, 5) is 114. The number of nitrogens with one attached hydrogen (secondary N) is 8. The van der Waals surface area contributed by atoms with E-state index in [0.29, 0.717) is 19.3 Å². The number of amides is 9. The number of aromatic amines is 1. The zero-order chi connectivity index (χ0) is 46.3. The SMILES string of the molecule is CC(=O)N[C@@H](Cc1ccccc1)C(=O)N[C@H]1CCCNC(=O)[C@H](CCCNC(N)=O)NC(=O)[C@H](Cc2c[nH]c3ccccc23)NC(=O)[C@@H](CC2CCCCC2)NC(=O)[C@@H]2CCCN2C1=O. The number of fused-ring (bicyclic) bond motifs is 2. The summed E-state index contributed by atoms with van der Waals surface area (Å²) in [6.45, 7) is 1.72. The molecule has 3 aliphatic rings.